The number of benzene rings is 1. The largest absolute Gasteiger partial charge is 0.573 e. The predicted molar refractivity (Wildman–Crippen MR) is 134 cm³/mol. The predicted octanol–water partition coefficient (Wildman–Crippen LogP) is 3.74. The van der Waals surface area contributed by atoms with Crippen molar-refractivity contribution in [3.8, 4) is 11.8 Å². The van der Waals surface area contributed by atoms with Crippen molar-refractivity contribution in [2.45, 2.75) is 75.2 Å². The molecule has 1 aromatic carbocycles. The summed E-state index contributed by atoms with van der Waals surface area (Å²) in [7, 11) is 0. The fraction of sp³-hybridized carbons (Fsp3) is 0.538. The summed E-state index contributed by atoms with van der Waals surface area (Å²) >= 11 is 0. The van der Waals surface area contributed by atoms with E-state index >= 15 is 0 Å². The van der Waals surface area contributed by atoms with E-state index in [0.717, 1.165) is 37.9 Å². The maximum absolute atomic E-state index is 12.7. The first kappa shape index (κ1) is 24.9. The van der Waals surface area contributed by atoms with Crippen molar-refractivity contribution < 1.29 is 17.9 Å². The number of rotatable bonds is 9. The minimum Gasteiger partial charge on any atom is -0.405 e. The van der Waals surface area contributed by atoms with Gasteiger partial charge in [-0.05, 0) is 45.2 Å². The zero-order valence-electron chi connectivity index (χ0n) is 20.9. The maximum atomic E-state index is 12.7. The number of hydrogen-bond donors (Lipinski definition) is 3. The molecule has 3 atom stereocenters. The summed E-state index contributed by atoms with van der Waals surface area (Å²) < 4.78 is 42.3. The molecule has 0 radical (unpaired) electrons. The van der Waals surface area contributed by atoms with E-state index in [4.69, 9.17) is 5.41 Å². The molecule has 5 heterocycles. The average Bonchev–Trinajstić information content (AvgIpc) is 3.35. The van der Waals surface area contributed by atoms with Crippen molar-refractivity contribution >= 4 is 17.5 Å². The second-order valence-corrected chi connectivity index (χ2v) is 10.7. The van der Waals surface area contributed by atoms with Crippen LogP contribution in [-0.4, -0.2) is 74.6 Å². The summed E-state index contributed by atoms with van der Waals surface area (Å²) in [6, 6.07) is 9.89. The van der Waals surface area contributed by atoms with Crippen LogP contribution < -0.4 is 15.4 Å². The summed E-state index contributed by atoms with van der Waals surface area (Å²) in [5, 5.41) is 24.0. The van der Waals surface area contributed by atoms with Crippen LogP contribution in [0.25, 0.3) is 0 Å². The molecule has 1 aromatic heterocycles. The highest BCUT2D eigenvalue weighted by atomic mass is 19.4. The molecule has 0 bridgehead atoms. The van der Waals surface area contributed by atoms with Gasteiger partial charge in [-0.2, -0.15) is 10.2 Å². The number of anilines is 2. The van der Waals surface area contributed by atoms with Crippen molar-refractivity contribution in [2.24, 2.45) is 0 Å². The fourth-order valence-electron chi connectivity index (χ4n) is 6.99. The molecule has 12 heteroatoms. The van der Waals surface area contributed by atoms with Gasteiger partial charge in [0.25, 0.3) is 0 Å². The van der Waals surface area contributed by atoms with E-state index in [1.165, 1.54) is 24.4 Å². The molecule has 6 rings (SSSR count). The summed E-state index contributed by atoms with van der Waals surface area (Å²) in [6.07, 6.45) is 1.02. The van der Waals surface area contributed by atoms with Gasteiger partial charge in [0.2, 0.25) is 5.95 Å². The van der Waals surface area contributed by atoms with Gasteiger partial charge < -0.3 is 20.8 Å². The zero-order valence-corrected chi connectivity index (χ0v) is 20.9. The van der Waals surface area contributed by atoms with Gasteiger partial charge in [-0.15, -0.1) is 13.2 Å². The van der Waals surface area contributed by atoms with E-state index in [1.807, 2.05) is 6.92 Å². The third-order valence-corrected chi connectivity index (χ3v) is 8.54. The summed E-state index contributed by atoms with van der Waals surface area (Å²) in [6.45, 7) is 3.68. The monoisotopic (exact) mass is 526 g/mol. The topological polar surface area (TPSA) is 113 Å². The Morgan fingerprint density at radius 2 is 2.03 bits per heavy atom. The van der Waals surface area contributed by atoms with Crippen LogP contribution in [0.15, 0.2) is 30.5 Å². The lowest BCUT2D eigenvalue weighted by atomic mass is 9.51. The molecule has 2 aromatic rings. The number of hydrogen-bond acceptors (Lipinski definition) is 9. The molecule has 0 spiro atoms. The van der Waals surface area contributed by atoms with Crippen LogP contribution >= 0.6 is 0 Å². The van der Waals surface area contributed by atoms with Crippen LogP contribution in [0.3, 0.4) is 0 Å². The van der Waals surface area contributed by atoms with E-state index in [0.29, 0.717) is 41.6 Å². The van der Waals surface area contributed by atoms with Gasteiger partial charge in [0, 0.05) is 54.1 Å². The van der Waals surface area contributed by atoms with Crippen molar-refractivity contribution in [2.75, 3.05) is 23.7 Å². The number of nitrogens with zero attached hydrogens (tertiary/aromatic N) is 5. The third kappa shape index (κ3) is 4.14. The lowest BCUT2D eigenvalue weighted by Gasteiger charge is -2.83. The standard InChI is InChI=1S/C26H29F3N8O/c1-15(31)18-6-4-8-36(18)22-19-9-25(10-20(22)37(19)25)14-34-23-17(11-30)13-33-24(35-23)32-12-16-5-2-3-7-21(16)38-26(27,28)29/h2-3,5,7,13,18-20,22,31H,4,6,8-10,12,14H2,1H3,(H2,32,33,34,35)/t18-,19?,20?,22?,25?/m1/s1. The Labute approximate surface area is 218 Å². The molecule has 0 saturated carbocycles. The summed E-state index contributed by atoms with van der Waals surface area (Å²) in [5.74, 6) is 0.318. The van der Waals surface area contributed by atoms with Gasteiger partial charge in [-0.1, -0.05) is 18.2 Å². The minimum atomic E-state index is -4.79. The Kier molecular flexibility index (Phi) is 5.96. The Morgan fingerprint density at radius 3 is 2.71 bits per heavy atom. The van der Waals surface area contributed by atoms with Gasteiger partial charge in [0.05, 0.1) is 6.20 Å². The van der Waals surface area contributed by atoms with E-state index < -0.39 is 6.36 Å². The molecule has 9 nitrogen and oxygen atoms in total. The van der Waals surface area contributed by atoms with Crippen molar-refractivity contribution in [1.29, 1.82) is 10.7 Å². The Hall–Kier alpha value is -3.43. The number of likely N-dealkylation sites (tertiary alicyclic amines) is 1. The fourth-order valence-corrected chi connectivity index (χ4v) is 6.99. The number of para-hydroxylation sites is 1. The Morgan fingerprint density at radius 1 is 1.26 bits per heavy atom. The lowest BCUT2D eigenvalue weighted by Crippen LogP contribution is -2.96. The van der Waals surface area contributed by atoms with Crippen LogP contribution in [0.4, 0.5) is 24.9 Å². The highest BCUT2D eigenvalue weighted by Gasteiger charge is 2.75. The quantitative estimate of drug-likeness (QED) is 0.424. The van der Waals surface area contributed by atoms with Crippen LogP contribution in [-0.2, 0) is 6.54 Å². The van der Waals surface area contributed by atoms with Gasteiger partial charge in [-0.3, -0.25) is 9.80 Å². The second-order valence-electron chi connectivity index (χ2n) is 10.7. The summed E-state index contributed by atoms with van der Waals surface area (Å²) in [5.41, 5.74) is 1.45. The minimum absolute atomic E-state index is 0.0206. The summed E-state index contributed by atoms with van der Waals surface area (Å²) in [4.78, 5) is 13.7. The first-order valence-corrected chi connectivity index (χ1v) is 12.9. The van der Waals surface area contributed by atoms with Crippen LogP contribution in [0.1, 0.15) is 43.7 Å². The third-order valence-electron chi connectivity index (χ3n) is 8.54. The molecule has 38 heavy (non-hydrogen) atoms. The van der Waals surface area contributed by atoms with E-state index in [2.05, 4.69) is 41.2 Å². The lowest BCUT2D eigenvalue weighted by molar-refractivity contribution is -0.309. The highest BCUT2D eigenvalue weighted by Crippen LogP contribution is 2.63. The van der Waals surface area contributed by atoms with Gasteiger partial charge in [0.1, 0.15) is 23.2 Å². The Bertz CT molecular complexity index is 1280. The van der Waals surface area contributed by atoms with E-state index in [-0.39, 0.29) is 29.8 Å². The van der Waals surface area contributed by atoms with E-state index in [9.17, 15) is 18.4 Å². The Balaban J connectivity index is 1.08. The zero-order chi connectivity index (χ0) is 26.7. The second kappa shape index (κ2) is 9.10. The number of nitriles is 1. The first-order chi connectivity index (χ1) is 18.2. The average molecular weight is 527 g/mol. The molecule has 4 aliphatic rings. The molecular formula is C26H29F3N8O. The molecule has 4 aliphatic heterocycles. The highest BCUT2D eigenvalue weighted by molar-refractivity contribution is 5.84. The van der Waals surface area contributed by atoms with Crippen LogP contribution in [0, 0.1) is 16.7 Å². The van der Waals surface area contributed by atoms with Gasteiger partial charge in [0.15, 0.2) is 0 Å². The van der Waals surface area contributed by atoms with Crippen molar-refractivity contribution in [1.82, 2.24) is 19.8 Å². The number of piperidine rings is 3. The van der Waals surface area contributed by atoms with E-state index in [1.54, 1.807) is 6.07 Å². The molecule has 200 valence electrons. The van der Waals surface area contributed by atoms with Crippen molar-refractivity contribution in [3.63, 3.8) is 0 Å². The number of halogens is 3. The SMILES string of the molecule is CC(=N)[C@H]1CCCN1C1C2CC3(CNc4nc(NCc5ccccc5OC(F)(F)F)ncc4C#N)CC1N23. The molecule has 0 aliphatic carbocycles. The first-order valence-electron chi connectivity index (χ1n) is 12.9. The van der Waals surface area contributed by atoms with Gasteiger partial charge in [-0.25, -0.2) is 4.98 Å². The molecule has 2 unspecified atom stereocenters. The molecule has 3 N–H and O–H groups in total. The molecular weight excluding hydrogens is 497 g/mol. The number of nitrogens with one attached hydrogen (secondary N) is 3. The van der Waals surface area contributed by atoms with Gasteiger partial charge >= 0.3 is 6.36 Å². The molecule has 0 amide bonds. The van der Waals surface area contributed by atoms with Crippen molar-refractivity contribution in [3.05, 3.63) is 41.6 Å². The smallest absolute Gasteiger partial charge is 0.405 e. The molecule has 4 saturated heterocycles. The number of aromatic nitrogens is 2. The van der Waals surface area contributed by atoms with Crippen LogP contribution in [0.2, 0.25) is 0 Å². The molecule has 4 fully saturated rings. The number of ether oxygens (including phenoxy) is 1. The number of alkyl halides is 3. The normalized spacial score (nSPS) is 29.8. The van der Waals surface area contributed by atoms with Crippen LogP contribution in [0.5, 0.6) is 5.75 Å². The maximum Gasteiger partial charge on any atom is 0.573 e.